The molecular weight excluding hydrogens is 740 g/mol. The molecule has 1 aromatic rings. The van der Waals surface area contributed by atoms with Crippen LogP contribution in [0.5, 0.6) is 0 Å². The number of likely N-dealkylation sites (tertiary alicyclic amines) is 1. The van der Waals surface area contributed by atoms with E-state index < -0.39 is 105 Å². The van der Waals surface area contributed by atoms with Crippen LogP contribution in [0.1, 0.15) is 63.6 Å². The number of hydrogen-bond acceptors (Lipinski definition) is 9. The third kappa shape index (κ3) is 8.68. The lowest BCUT2D eigenvalue weighted by Gasteiger charge is -2.33. The molecule has 55 heavy (non-hydrogen) atoms. The van der Waals surface area contributed by atoms with Crippen molar-refractivity contribution in [3.63, 3.8) is 0 Å². The molecule has 3 fully saturated rings. The molecule has 2 saturated carbocycles. The van der Waals surface area contributed by atoms with Crippen LogP contribution < -0.4 is 15.4 Å². The lowest BCUT2D eigenvalue weighted by molar-refractivity contribution is -0.142. The molecule has 2 heterocycles. The number of rotatable bonds is 14. The molecule has 5 rings (SSSR count). The number of carboxylic acid groups (broad SMARTS) is 1. The second kappa shape index (κ2) is 15.5. The molecule has 1 unspecified atom stereocenters. The topological polar surface area (TPSA) is 212 Å². The van der Waals surface area contributed by atoms with Crippen molar-refractivity contribution in [2.75, 3.05) is 19.6 Å². The largest absolute Gasteiger partial charge is 0.465 e. The van der Waals surface area contributed by atoms with Crippen LogP contribution in [0.2, 0.25) is 0 Å². The van der Waals surface area contributed by atoms with Crippen molar-refractivity contribution >= 4 is 45.8 Å². The van der Waals surface area contributed by atoms with Crippen molar-refractivity contribution in [3.05, 3.63) is 73.1 Å². The molecule has 6 atom stereocenters. The van der Waals surface area contributed by atoms with Crippen LogP contribution in [0.4, 0.5) is 14.0 Å². The van der Waals surface area contributed by atoms with E-state index in [0.29, 0.717) is 18.4 Å². The summed E-state index contributed by atoms with van der Waals surface area (Å²) in [5.41, 5.74) is -2.20. The van der Waals surface area contributed by atoms with Crippen LogP contribution in [0, 0.1) is 17.7 Å². The molecule has 2 aliphatic heterocycles. The monoisotopic (exact) mass is 786 g/mol. The van der Waals surface area contributed by atoms with E-state index in [1.807, 2.05) is 0 Å². The van der Waals surface area contributed by atoms with Crippen molar-refractivity contribution in [2.24, 2.45) is 11.8 Å². The molecule has 0 radical (unpaired) electrons. The maximum Gasteiger partial charge on any atom is 0.408 e. The summed E-state index contributed by atoms with van der Waals surface area (Å²) in [6, 6.07) is 0.266. The van der Waals surface area contributed by atoms with Crippen molar-refractivity contribution in [1.82, 2.24) is 30.1 Å². The fourth-order valence-electron chi connectivity index (χ4n) is 7.35. The quantitative estimate of drug-likeness (QED) is 0.160. The van der Waals surface area contributed by atoms with E-state index >= 15 is 0 Å². The summed E-state index contributed by atoms with van der Waals surface area (Å²) in [5, 5.41) is 14.7. The van der Waals surface area contributed by atoms with E-state index in [4.69, 9.17) is 4.74 Å². The molecule has 0 spiro atoms. The number of carbonyl (C=O) groups is 6. The minimum absolute atomic E-state index is 0.0173. The molecule has 0 bridgehead atoms. The first kappa shape index (κ1) is 40.9. The van der Waals surface area contributed by atoms with Crippen molar-refractivity contribution in [2.45, 2.75) is 87.5 Å². The van der Waals surface area contributed by atoms with Gasteiger partial charge >= 0.3 is 12.2 Å². The Morgan fingerprint density at radius 1 is 1.13 bits per heavy atom. The number of benzene rings is 1. The van der Waals surface area contributed by atoms with Crippen LogP contribution in [0.3, 0.4) is 0 Å². The van der Waals surface area contributed by atoms with Gasteiger partial charge in [0.15, 0.2) is 0 Å². The number of fused-ring (bicyclic) bond motifs is 1. The van der Waals surface area contributed by atoms with Gasteiger partial charge in [-0.05, 0) is 64.2 Å². The van der Waals surface area contributed by atoms with E-state index in [0.717, 1.165) is 15.9 Å². The lowest BCUT2D eigenvalue weighted by atomic mass is 9.90. The van der Waals surface area contributed by atoms with Gasteiger partial charge in [-0.1, -0.05) is 30.9 Å². The highest BCUT2D eigenvalue weighted by Gasteiger charge is 2.62. The Bertz CT molecular complexity index is 1910. The van der Waals surface area contributed by atoms with E-state index in [9.17, 15) is 46.7 Å². The number of nitrogens with one attached hydrogen (secondary N) is 3. The third-order valence-corrected chi connectivity index (χ3v) is 12.0. The second-order valence-electron chi connectivity index (χ2n) is 15.3. The number of carbonyl (C=O) groups excluding carboxylic acids is 5. The second-order valence-corrected chi connectivity index (χ2v) is 17.2. The van der Waals surface area contributed by atoms with Gasteiger partial charge in [0.05, 0.1) is 24.4 Å². The van der Waals surface area contributed by atoms with Gasteiger partial charge in [-0.25, -0.2) is 22.4 Å². The summed E-state index contributed by atoms with van der Waals surface area (Å²) in [6.07, 6.45) is 2.05. The minimum Gasteiger partial charge on any atom is -0.465 e. The SMILES string of the molecule is C=CCN(C[C@H](NC(=O)OC(C)(C)C)C(=O)N1C[C@H](C2c3cccc(F)c3CN2C(=O)O)C[C@H]1C(=O)N[C@]1(C(=O)NS(=O)(=O)C2CC2)C[C@H]1C=C)C(=O)C=C. The number of nitrogens with zero attached hydrogens (tertiary/aromatic N) is 3. The number of sulfonamides is 1. The zero-order valence-electron chi connectivity index (χ0n) is 31.0. The third-order valence-electron chi connectivity index (χ3n) is 10.2. The molecule has 1 aromatic carbocycles. The highest BCUT2D eigenvalue weighted by Crippen LogP contribution is 2.47. The number of amides is 6. The van der Waals surface area contributed by atoms with Crippen LogP contribution in [0.15, 0.2) is 56.2 Å². The molecule has 4 aliphatic rings. The van der Waals surface area contributed by atoms with Crippen LogP contribution in [-0.2, 0) is 40.5 Å². The maximum absolute atomic E-state index is 15.0. The fourth-order valence-corrected chi connectivity index (χ4v) is 8.72. The molecule has 18 heteroatoms. The Morgan fingerprint density at radius 3 is 2.38 bits per heavy atom. The molecule has 1 saturated heterocycles. The summed E-state index contributed by atoms with van der Waals surface area (Å²) in [4.78, 5) is 84.5. The Labute approximate surface area is 318 Å². The van der Waals surface area contributed by atoms with Gasteiger partial charge in [-0.15, -0.1) is 13.2 Å². The molecule has 16 nitrogen and oxygen atoms in total. The summed E-state index contributed by atoms with van der Waals surface area (Å²) < 4.78 is 47.9. The highest BCUT2D eigenvalue weighted by atomic mass is 32.2. The Morgan fingerprint density at radius 2 is 1.82 bits per heavy atom. The lowest BCUT2D eigenvalue weighted by Crippen LogP contribution is -2.60. The maximum atomic E-state index is 15.0. The van der Waals surface area contributed by atoms with Gasteiger partial charge in [-0.2, -0.15) is 0 Å². The average molecular weight is 787 g/mol. The predicted octanol–water partition coefficient (Wildman–Crippen LogP) is 2.34. The molecule has 298 valence electrons. The first-order valence-corrected chi connectivity index (χ1v) is 19.4. The van der Waals surface area contributed by atoms with Gasteiger partial charge in [0.1, 0.15) is 29.0 Å². The average Bonchev–Trinajstić information content (AvgIpc) is 4.00. The summed E-state index contributed by atoms with van der Waals surface area (Å²) in [7, 11) is -4.01. The molecule has 2 aliphatic carbocycles. The number of hydrogen-bond donors (Lipinski definition) is 4. The van der Waals surface area contributed by atoms with Gasteiger partial charge in [0, 0.05) is 30.5 Å². The molecule has 4 N–H and O–H groups in total. The van der Waals surface area contributed by atoms with Crippen molar-refractivity contribution in [1.29, 1.82) is 0 Å². The van der Waals surface area contributed by atoms with Gasteiger partial charge in [0.25, 0.3) is 5.91 Å². The van der Waals surface area contributed by atoms with Crippen LogP contribution in [0.25, 0.3) is 0 Å². The smallest absolute Gasteiger partial charge is 0.408 e. The molecular formula is C37H47FN6O10S. The van der Waals surface area contributed by atoms with E-state index in [1.54, 1.807) is 26.8 Å². The Balaban J connectivity index is 1.53. The summed E-state index contributed by atoms with van der Waals surface area (Å²) >= 11 is 0. The van der Waals surface area contributed by atoms with Gasteiger partial charge < -0.3 is 30.3 Å². The first-order valence-electron chi connectivity index (χ1n) is 17.9. The zero-order valence-corrected chi connectivity index (χ0v) is 31.8. The van der Waals surface area contributed by atoms with Gasteiger partial charge in [0.2, 0.25) is 27.7 Å². The standard InChI is InChI=1S/C37H47FN6O10S/c1-7-15-42(29(45)9-3)20-27(39-34(49)54-36(4,5)6)32(47)43-18-21(30-24-11-10-12-26(38)25(24)19-44(30)35(50)51)16-28(43)31(46)40-37(17-22(37)8-2)33(48)41-55(52,53)23-13-14-23/h7-12,21-23,27-28,30H,1-3,13-20H2,4-6H3,(H,39,49)(H,40,46)(H,41,48)(H,50,51)/t21-,22-,27+,28+,30?,37-/m1/s1. The van der Waals surface area contributed by atoms with Crippen LogP contribution in [-0.4, -0.2) is 112 Å². The van der Waals surface area contributed by atoms with E-state index in [1.165, 1.54) is 29.2 Å². The Kier molecular flexibility index (Phi) is 11.5. The summed E-state index contributed by atoms with van der Waals surface area (Å²) in [5.74, 6) is -5.37. The van der Waals surface area contributed by atoms with Crippen molar-refractivity contribution in [3.8, 4) is 0 Å². The normalized spacial score (nSPS) is 24.8. The van der Waals surface area contributed by atoms with Gasteiger partial charge in [-0.3, -0.25) is 28.8 Å². The van der Waals surface area contributed by atoms with Crippen LogP contribution >= 0.6 is 0 Å². The molecule has 0 aromatic heterocycles. The first-order chi connectivity index (χ1) is 25.8. The van der Waals surface area contributed by atoms with E-state index in [2.05, 4.69) is 35.1 Å². The number of ether oxygens (including phenoxy) is 1. The predicted molar refractivity (Wildman–Crippen MR) is 196 cm³/mol. The molecule has 6 amide bonds. The van der Waals surface area contributed by atoms with E-state index in [-0.39, 0.29) is 38.0 Å². The van der Waals surface area contributed by atoms with Crippen molar-refractivity contribution < 1.29 is 51.4 Å². The fraction of sp³-hybridized carbons (Fsp3) is 0.514. The highest BCUT2D eigenvalue weighted by molar-refractivity contribution is 7.91. The number of halogens is 1. The minimum atomic E-state index is -4.01. The summed E-state index contributed by atoms with van der Waals surface area (Å²) in [6.45, 7) is 14.6. The Hall–Kier alpha value is -5.26. The zero-order chi connectivity index (χ0) is 40.6. The number of alkyl carbamates (subject to hydrolysis) is 1.